The Kier molecular flexibility index (Phi) is 21.9. The van der Waals surface area contributed by atoms with E-state index in [2.05, 4.69) is 37.2 Å². The van der Waals surface area contributed by atoms with Gasteiger partial charge in [0, 0.05) is 43.9 Å². The second-order valence-corrected chi connectivity index (χ2v) is 21.8. The van der Waals surface area contributed by atoms with Gasteiger partial charge in [-0.25, -0.2) is 0 Å². The molecule has 8 amide bonds. The fourth-order valence-corrected chi connectivity index (χ4v) is 10.7. The van der Waals surface area contributed by atoms with Crippen LogP contribution in [0.2, 0.25) is 0 Å². The van der Waals surface area contributed by atoms with Gasteiger partial charge in [-0.3, -0.25) is 38.4 Å². The van der Waals surface area contributed by atoms with Crippen molar-refractivity contribution in [2.45, 2.75) is 116 Å². The SMILES string of the molecule is CNC(=O)[C@@H]1CSSC[C@H](NC(=O)[C@@H](CCC(C)=O)NC(=O)[C@@H](C)Cc2ccc(C)cc2)C(=O)N2C[C@H](C)C[C@H]2C(=O)N[C@@H](Cc2ccc(O)c(I)c2)C(=O)NCC(=O)N[C@@H](CC(C)C)C(=O)N1. The normalized spacial score (nSPS) is 23.2. The summed E-state index contributed by atoms with van der Waals surface area (Å²) in [6, 6.07) is 5.42. The van der Waals surface area contributed by atoms with Gasteiger partial charge in [0.05, 0.1) is 10.1 Å². The van der Waals surface area contributed by atoms with E-state index in [1.807, 2.05) is 74.6 Å². The van der Waals surface area contributed by atoms with E-state index in [1.54, 1.807) is 19.1 Å². The molecule has 0 radical (unpaired) electrons. The number of phenols is 1. The Morgan fingerprint density at radius 3 is 2.21 bits per heavy atom. The molecule has 2 saturated heterocycles. The maximum Gasteiger partial charge on any atom is 0.246 e. The lowest BCUT2D eigenvalue weighted by molar-refractivity contribution is -0.142. The first-order valence-corrected chi connectivity index (χ1v) is 26.3. The minimum absolute atomic E-state index is 0.00670. The summed E-state index contributed by atoms with van der Waals surface area (Å²) in [7, 11) is 3.69. The lowest BCUT2D eigenvalue weighted by Crippen LogP contribution is -2.59. The molecule has 2 aliphatic heterocycles. The first kappa shape index (κ1) is 55.7. The molecule has 68 heavy (non-hydrogen) atoms. The first-order valence-electron chi connectivity index (χ1n) is 22.7. The lowest BCUT2D eigenvalue weighted by Gasteiger charge is -2.31. The number of rotatable bonds is 14. The molecule has 0 aromatic heterocycles. The number of likely N-dealkylation sites (N-methyl/N-ethyl adjacent to an activating group) is 1. The van der Waals surface area contributed by atoms with Crippen molar-refractivity contribution in [3.8, 4) is 5.75 Å². The highest BCUT2D eigenvalue weighted by Gasteiger charge is 2.42. The second-order valence-electron chi connectivity index (χ2n) is 18.1. The van der Waals surface area contributed by atoms with Crippen LogP contribution in [0.1, 0.15) is 77.0 Å². The Bertz CT molecular complexity index is 2160. The van der Waals surface area contributed by atoms with Crippen LogP contribution in [0.25, 0.3) is 0 Å². The number of carbonyl (C=O) groups excluding carboxylic acids is 9. The topological polar surface area (TPSA) is 261 Å². The Labute approximate surface area is 419 Å². The Morgan fingerprint density at radius 1 is 0.882 bits per heavy atom. The second kappa shape index (κ2) is 26.7. The molecule has 372 valence electrons. The van der Waals surface area contributed by atoms with Crippen LogP contribution in [0, 0.1) is 28.2 Å². The lowest BCUT2D eigenvalue weighted by atomic mass is 9.98. The molecular weight excluding hydrogens is 1030 g/mol. The molecule has 0 saturated carbocycles. The summed E-state index contributed by atoms with van der Waals surface area (Å²) in [5, 5.41) is 29.1. The van der Waals surface area contributed by atoms with Gasteiger partial charge in [-0.05, 0) is 97.2 Å². The zero-order valence-corrected chi connectivity index (χ0v) is 43.4. The van der Waals surface area contributed by atoms with E-state index >= 15 is 0 Å². The van der Waals surface area contributed by atoms with E-state index in [0.717, 1.165) is 32.7 Å². The smallest absolute Gasteiger partial charge is 0.246 e. The zero-order valence-electron chi connectivity index (χ0n) is 39.6. The van der Waals surface area contributed by atoms with E-state index in [0.29, 0.717) is 15.6 Å². The molecular formula is C47H65IN8O10S2. The van der Waals surface area contributed by atoms with Gasteiger partial charge in [0.25, 0.3) is 0 Å². The molecule has 8 atom stereocenters. The van der Waals surface area contributed by atoms with E-state index in [-0.39, 0.29) is 73.5 Å². The van der Waals surface area contributed by atoms with Crippen LogP contribution in [0.15, 0.2) is 42.5 Å². The van der Waals surface area contributed by atoms with Crippen molar-refractivity contribution in [1.82, 2.24) is 42.1 Å². The summed E-state index contributed by atoms with van der Waals surface area (Å²) < 4.78 is 0.497. The van der Waals surface area contributed by atoms with Crippen molar-refractivity contribution < 1.29 is 48.3 Å². The van der Waals surface area contributed by atoms with Crippen LogP contribution in [-0.4, -0.2) is 131 Å². The molecule has 4 rings (SSSR count). The van der Waals surface area contributed by atoms with Crippen molar-refractivity contribution in [2.24, 2.45) is 17.8 Å². The third-order valence-corrected chi connectivity index (χ3v) is 14.8. The number of halogens is 1. The van der Waals surface area contributed by atoms with Crippen LogP contribution in [-0.2, 0) is 56.0 Å². The predicted octanol–water partition coefficient (Wildman–Crippen LogP) is 2.06. The van der Waals surface area contributed by atoms with Crippen molar-refractivity contribution in [3.05, 3.63) is 62.7 Å². The average molecular weight is 1090 g/mol. The Balaban J connectivity index is 1.70. The molecule has 8 N–H and O–H groups in total. The number of nitrogens with one attached hydrogen (secondary N) is 7. The number of aryl methyl sites for hydroxylation is 1. The third-order valence-electron chi connectivity index (χ3n) is 11.5. The van der Waals surface area contributed by atoms with Gasteiger partial charge >= 0.3 is 0 Å². The molecule has 2 aromatic carbocycles. The number of amides is 8. The van der Waals surface area contributed by atoms with Gasteiger partial charge in [0.15, 0.2) is 0 Å². The van der Waals surface area contributed by atoms with E-state index in [9.17, 15) is 48.3 Å². The van der Waals surface area contributed by atoms with Crippen molar-refractivity contribution >= 4 is 97.2 Å². The van der Waals surface area contributed by atoms with Crippen molar-refractivity contribution in [2.75, 3.05) is 31.6 Å². The maximum atomic E-state index is 14.8. The molecule has 0 aliphatic carbocycles. The van der Waals surface area contributed by atoms with Crippen LogP contribution < -0.4 is 37.2 Å². The number of Topliss-reactive ketones (excluding diaryl/α,β-unsaturated/α-hetero) is 1. The number of carbonyl (C=O) groups is 9. The highest BCUT2D eigenvalue weighted by molar-refractivity contribution is 14.1. The summed E-state index contributed by atoms with van der Waals surface area (Å²) in [6.45, 7) is 10.2. The molecule has 21 heteroatoms. The van der Waals surface area contributed by atoms with Gasteiger partial charge in [-0.15, -0.1) is 0 Å². The summed E-state index contributed by atoms with van der Waals surface area (Å²) in [6.07, 6.45) is 0.662. The maximum absolute atomic E-state index is 14.8. The minimum atomic E-state index is -1.29. The largest absolute Gasteiger partial charge is 0.507 e. The Morgan fingerprint density at radius 2 is 1.56 bits per heavy atom. The Hall–Kier alpha value is -4.90. The number of phenolic OH excluding ortho intramolecular Hbond substituents is 1. The average Bonchev–Trinajstić information content (AvgIpc) is 3.69. The number of hydrogen-bond donors (Lipinski definition) is 8. The fraction of sp³-hybridized carbons (Fsp3) is 0.553. The van der Waals surface area contributed by atoms with Crippen molar-refractivity contribution in [3.63, 3.8) is 0 Å². The highest BCUT2D eigenvalue weighted by atomic mass is 127. The first-order chi connectivity index (χ1) is 32.1. The monoisotopic (exact) mass is 1090 g/mol. The number of aromatic hydroxyl groups is 1. The van der Waals surface area contributed by atoms with Gasteiger partial charge in [0.1, 0.15) is 47.8 Å². The van der Waals surface area contributed by atoms with E-state index in [4.69, 9.17) is 0 Å². The number of benzene rings is 2. The molecule has 2 heterocycles. The molecule has 0 bridgehead atoms. The van der Waals surface area contributed by atoms with E-state index in [1.165, 1.54) is 24.9 Å². The standard InChI is InChI=1S/C47H65IN8O10S2/c1-25(2)16-34-45(64)54-36(42(61)49-7)23-67-68-24-37(55-44(63)33(14-10-29(6)57)52-41(60)28(5)18-30-11-8-26(3)9-12-30)47(66)56-22-27(4)17-38(56)46(65)53-35(43(62)50-21-40(59)51-34)20-31-13-15-39(58)32(48)19-31/h8-9,11-13,15,19,25,27-28,33-38,58H,10,14,16-18,20-24H2,1-7H3,(H,49,61)(H,50,62)(H,51,59)(H,52,60)(H,53,65)(H,54,64)(H,55,63)/t27-,28+,33-,34+,35+,36+,37+,38+/m1/s1. The zero-order chi connectivity index (χ0) is 50.2. The number of nitrogens with zero attached hydrogens (tertiary/aromatic N) is 1. The van der Waals surface area contributed by atoms with Crippen LogP contribution >= 0.6 is 44.2 Å². The summed E-state index contributed by atoms with van der Waals surface area (Å²) in [4.78, 5) is 125. The summed E-state index contributed by atoms with van der Waals surface area (Å²) >= 11 is 1.94. The van der Waals surface area contributed by atoms with Crippen LogP contribution in [0.3, 0.4) is 0 Å². The van der Waals surface area contributed by atoms with Gasteiger partial charge in [-0.1, -0.05) is 85.2 Å². The molecule has 2 aromatic rings. The summed E-state index contributed by atoms with van der Waals surface area (Å²) in [5.41, 5.74) is 2.56. The number of ketones is 1. The molecule has 2 aliphatic rings. The molecule has 0 unspecified atom stereocenters. The number of hydrogen-bond acceptors (Lipinski definition) is 12. The summed E-state index contributed by atoms with van der Waals surface area (Å²) in [5.74, 6) is -6.07. The molecule has 0 spiro atoms. The van der Waals surface area contributed by atoms with Gasteiger partial charge in [0.2, 0.25) is 47.3 Å². The predicted molar refractivity (Wildman–Crippen MR) is 269 cm³/mol. The molecule has 2 fully saturated rings. The highest BCUT2D eigenvalue weighted by Crippen LogP contribution is 2.28. The van der Waals surface area contributed by atoms with E-state index < -0.39 is 96.0 Å². The molecule has 18 nitrogen and oxygen atoms in total. The fourth-order valence-electron chi connectivity index (χ4n) is 7.78. The number of fused-ring (bicyclic) bond motifs is 1. The van der Waals surface area contributed by atoms with Crippen molar-refractivity contribution in [1.29, 1.82) is 0 Å². The quantitative estimate of drug-likeness (QED) is 0.1000. The van der Waals surface area contributed by atoms with Crippen LogP contribution in [0.5, 0.6) is 5.75 Å². The minimum Gasteiger partial charge on any atom is -0.507 e. The van der Waals surface area contributed by atoms with Gasteiger partial charge in [-0.2, -0.15) is 0 Å². The third kappa shape index (κ3) is 17.3. The van der Waals surface area contributed by atoms with Crippen LogP contribution in [0.4, 0.5) is 0 Å². The van der Waals surface area contributed by atoms with Gasteiger partial charge < -0.3 is 52.0 Å².